The summed E-state index contributed by atoms with van der Waals surface area (Å²) in [7, 11) is 0. The lowest BCUT2D eigenvalue weighted by atomic mass is 10.1. The second-order valence-corrected chi connectivity index (χ2v) is 6.22. The Morgan fingerprint density at radius 3 is 2.72 bits per heavy atom. The Hall–Kier alpha value is -2.77. The van der Waals surface area contributed by atoms with Gasteiger partial charge < -0.3 is 4.74 Å². The van der Waals surface area contributed by atoms with E-state index in [1.165, 1.54) is 12.8 Å². The Balaban J connectivity index is 1.75. The second-order valence-electron chi connectivity index (χ2n) is 6.22. The molecule has 1 fully saturated rings. The largest absolute Gasteiger partial charge is 0.390 e. The van der Waals surface area contributed by atoms with E-state index < -0.39 is 5.56 Å². The lowest BCUT2D eigenvalue weighted by Crippen LogP contribution is -2.21. The summed E-state index contributed by atoms with van der Waals surface area (Å²) < 4.78 is 7.44. The first-order valence-corrected chi connectivity index (χ1v) is 8.66. The zero-order valence-electron chi connectivity index (χ0n) is 14.1. The number of ether oxygens (including phenoxy) is 1. The van der Waals surface area contributed by atoms with Crippen molar-refractivity contribution in [1.82, 2.24) is 24.8 Å². The van der Waals surface area contributed by atoms with Crippen molar-refractivity contribution in [2.24, 2.45) is 10.9 Å². The molecule has 0 spiro atoms. The molecular weight excluding hydrogens is 320 g/mol. The number of nitrogens with zero attached hydrogens (tertiary/aromatic N) is 6. The fourth-order valence-corrected chi connectivity index (χ4v) is 3.26. The minimum atomic E-state index is -0.426. The summed E-state index contributed by atoms with van der Waals surface area (Å²) in [5.41, 5.74) is -0.110. The fourth-order valence-electron chi connectivity index (χ4n) is 3.26. The van der Waals surface area contributed by atoms with Gasteiger partial charge in [0.1, 0.15) is 5.84 Å². The lowest BCUT2D eigenvalue weighted by Gasteiger charge is -2.13. The highest BCUT2D eigenvalue weighted by Crippen LogP contribution is 2.36. The summed E-state index contributed by atoms with van der Waals surface area (Å²) >= 11 is 0. The molecule has 25 heavy (non-hydrogen) atoms. The van der Waals surface area contributed by atoms with Gasteiger partial charge in [-0.2, -0.15) is 4.98 Å². The molecule has 1 aliphatic heterocycles. The maximum atomic E-state index is 12.4. The third kappa shape index (κ3) is 2.99. The number of hydrogen-bond acceptors (Lipinski definition) is 6. The lowest BCUT2D eigenvalue weighted by molar-refractivity contribution is 0.373. The average molecular weight is 339 g/mol. The maximum Gasteiger partial charge on any atom is 0.324 e. The Kier molecular flexibility index (Phi) is 4.17. The van der Waals surface area contributed by atoms with Gasteiger partial charge in [0.15, 0.2) is 11.5 Å². The van der Waals surface area contributed by atoms with Crippen LogP contribution in [0.3, 0.4) is 0 Å². The minimum Gasteiger partial charge on any atom is -0.390 e. The Bertz CT molecular complexity index is 855. The zero-order valence-corrected chi connectivity index (χ0v) is 14.1. The van der Waals surface area contributed by atoms with E-state index in [1.54, 1.807) is 23.0 Å². The van der Waals surface area contributed by atoms with Gasteiger partial charge in [-0.05, 0) is 25.3 Å². The van der Waals surface area contributed by atoms with Crippen LogP contribution in [0.25, 0.3) is 0 Å². The molecular formula is C17H19N6O2. The summed E-state index contributed by atoms with van der Waals surface area (Å²) in [6.45, 7) is 2.66. The van der Waals surface area contributed by atoms with Crippen LogP contribution in [0.2, 0.25) is 0 Å². The normalized spacial score (nSPS) is 16.4. The molecule has 3 heterocycles. The third-order valence-corrected chi connectivity index (χ3v) is 4.44. The van der Waals surface area contributed by atoms with Crippen molar-refractivity contribution in [3.05, 3.63) is 28.8 Å². The van der Waals surface area contributed by atoms with Gasteiger partial charge >= 0.3 is 17.6 Å². The zero-order chi connectivity index (χ0) is 17.2. The number of aliphatic imine (C=N–C) groups is 1. The molecule has 0 saturated heterocycles. The van der Waals surface area contributed by atoms with Crippen LogP contribution in [0.5, 0.6) is 12.0 Å². The summed E-state index contributed by atoms with van der Waals surface area (Å²) in [6.07, 6.45) is 8.52. The van der Waals surface area contributed by atoms with Crippen LogP contribution in [-0.2, 0) is 6.54 Å². The molecule has 2 aliphatic rings. The standard InChI is InChI=1S/C17H19N6O2/c1-2-10-23-14-12(20-13(21-14)11-6-3-4-7-11)15(24)22-17(23)25-16-18-8-5-9-19-16/h5,8-9,11H,2-4,6-7,10H2,1H3. The van der Waals surface area contributed by atoms with Gasteiger partial charge in [-0.1, -0.05) is 19.8 Å². The van der Waals surface area contributed by atoms with Crippen LogP contribution >= 0.6 is 0 Å². The van der Waals surface area contributed by atoms with E-state index >= 15 is 0 Å². The molecule has 0 atom stereocenters. The van der Waals surface area contributed by atoms with Crippen LogP contribution < -0.4 is 15.6 Å². The second kappa shape index (κ2) is 6.62. The number of hydrogen-bond donors (Lipinski definition) is 0. The van der Waals surface area contributed by atoms with Crippen LogP contribution in [0, 0.1) is 5.92 Å². The Morgan fingerprint density at radius 1 is 1.24 bits per heavy atom. The van der Waals surface area contributed by atoms with Crippen LogP contribution in [-0.4, -0.2) is 25.4 Å². The van der Waals surface area contributed by atoms with Gasteiger partial charge in [0.25, 0.3) is 0 Å². The fraction of sp³-hybridized carbons (Fsp3) is 0.471. The molecule has 0 N–H and O–H groups in total. The van der Waals surface area contributed by atoms with E-state index in [9.17, 15) is 4.79 Å². The number of amidine groups is 1. The summed E-state index contributed by atoms with van der Waals surface area (Å²) in [5, 5.41) is 4.49. The van der Waals surface area contributed by atoms with Gasteiger partial charge in [0.05, 0.1) is 0 Å². The number of aromatic nitrogens is 4. The van der Waals surface area contributed by atoms with Gasteiger partial charge in [0, 0.05) is 24.9 Å². The van der Waals surface area contributed by atoms with Crippen molar-refractivity contribution in [3.63, 3.8) is 0 Å². The number of rotatable bonds is 5. The van der Waals surface area contributed by atoms with E-state index in [0.29, 0.717) is 24.0 Å². The van der Waals surface area contributed by atoms with E-state index in [4.69, 9.17) is 4.74 Å². The molecule has 8 heteroatoms. The van der Waals surface area contributed by atoms with Gasteiger partial charge in [-0.25, -0.2) is 20.3 Å². The highest BCUT2D eigenvalue weighted by atomic mass is 16.5. The summed E-state index contributed by atoms with van der Waals surface area (Å²) in [4.78, 5) is 29.2. The molecule has 0 aromatic carbocycles. The summed E-state index contributed by atoms with van der Waals surface area (Å²) in [5.74, 6) is 1.63. The topological polar surface area (TPSA) is 96.4 Å². The van der Waals surface area contributed by atoms with Gasteiger partial charge in [-0.15, -0.1) is 0 Å². The molecule has 1 radical (unpaired) electrons. The predicted octanol–water partition coefficient (Wildman–Crippen LogP) is 2.71. The van der Waals surface area contributed by atoms with Crippen molar-refractivity contribution in [3.8, 4) is 12.0 Å². The van der Waals surface area contributed by atoms with E-state index in [-0.39, 0.29) is 12.0 Å². The quantitative estimate of drug-likeness (QED) is 0.834. The Morgan fingerprint density at radius 2 is 2.00 bits per heavy atom. The molecule has 0 amide bonds. The monoisotopic (exact) mass is 339 g/mol. The van der Waals surface area contributed by atoms with Crippen molar-refractivity contribution < 1.29 is 4.74 Å². The molecule has 4 rings (SSSR count). The van der Waals surface area contributed by atoms with E-state index in [1.807, 2.05) is 6.92 Å². The molecule has 1 saturated carbocycles. The molecule has 129 valence electrons. The molecule has 0 bridgehead atoms. The van der Waals surface area contributed by atoms with Crippen molar-refractivity contribution in [2.45, 2.75) is 45.6 Å². The highest BCUT2D eigenvalue weighted by Gasteiger charge is 2.31. The first-order chi connectivity index (χ1) is 12.3. The SMILES string of the molecule is CCCn1c(Oc2ncccn2)nc(=O)c2c1N=C(C1CCCC1)[N]2. The van der Waals surface area contributed by atoms with Gasteiger partial charge in [0.2, 0.25) is 0 Å². The predicted molar refractivity (Wildman–Crippen MR) is 91.7 cm³/mol. The van der Waals surface area contributed by atoms with E-state index in [2.05, 4.69) is 25.3 Å². The Labute approximate surface area is 145 Å². The van der Waals surface area contributed by atoms with Gasteiger partial charge in [-0.3, -0.25) is 9.36 Å². The first kappa shape index (κ1) is 15.7. The van der Waals surface area contributed by atoms with Crippen LogP contribution in [0.15, 0.2) is 28.2 Å². The maximum absolute atomic E-state index is 12.4. The molecule has 2 aromatic heterocycles. The third-order valence-electron chi connectivity index (χ3n) is 4.44. The first-order valence-electron chi connectivity index (χ1n) is 8.66. The average Bonchev–Trinajstić information content (AvgIpc) is 3.29. The highest BCUT2D eigenvalue weighted by molar-refractivity contribution is 5.96. The number of fused-ring (bicyclic) bond motifs is 1. The molecule has 8 nitrogen and oxygen atoms in total. The van der Waals surface area contributed by atoms with Crippen molar-refractivity contribution in [1.29, 1.82) is 0 Å². The van der Waals surface area contributed by atoms with E-state index in [0.717, 1.165) is 25.1 Å². The van der Waals surface area contributed by atoms with Crippen molar-refractivity contribution in [2.75, 3.05) is 0 Å². The molecule has 1 aliphatic carbocycles. The smallest absolute Gasteiger partial charge is 0.324 e. The minimum absolute atomic E-state index is 0.147. The van der Waals surface area contributed by atoms with Crippen LogP contribution in [0.1, 0.15) is 39.0 Å². The summed E-state index contributed by atoms with van der Waals surface area (Å²) in [6, 6.07) is 2.00. The molecule has 0 unspecified atom stereocenters. The molecule has 2 aromatic rings. The van der Waals surface area contributed by atoms with Crippen molar-refractivity contribution >= 4 is 17.3 Å². The van der Waals surface area contributed by atoms with Crippen LogP contribution in [0.4, 0.5) is 11.5 Å².